The van der Waals surface area contributed by atoms with Crippen molar-refractivity contribution in [2.24, 2.45) is 5.92 Å². The molecule has 5 nitrogen and oxygen atoms in total. The second kappa shape index (κ2) is 14.4. The number of rotatable bonds is 2. The third-order valence-electron chi connectivity index (χ3n) is 5.22. The Morgan fingerprint density at radius 2 is 1.50 bits per heavy atom. The SMILES string of the molecule is COc1ccc(C2CC(=O)C=C3c4ccccc4CCC32)cc1.[C-]#[O+].[C-]#[O+].[C-]#[O+].[Cr]. The zero-order valence-electron chi connectivity index (χ0n) is 16.4. The van der Waals surface area contributed by atoms with Gasteiger partial charge in [-0.05, 0) is 65.1 Å². The van der Waals surface area contributed by atoms with Crippen LogP contribution in [0.15, 0.2) is 54.6 Å². The van der Waals surface area contributed by atoms with Crippen LogP contribution in [-0.2, 0) is 42.5 Å². The summed E-state index contributed by atoms with van der Waals surface area (Å²) in [6.45, 7) is 13.5. The van der Waals surface area contributed by atoms with Crippen LogP contribution < -0.4 is 4.74 Å². The second-order valence-corrected chi connectivity index (χ2v) is 6.45. The van der Waals surface area contributed by atoms with Crippen molar-refractivity contribution in [3.05, 3.63) is 91.2 Å². The summed E-state index contributed by atoms with van der Waals surface area (Å²) in [5.74, 6) is 1.83. The molecule has 152 valence electrons. The first kappa shape index (κ1) is 27.4. The zero-order valence-corrected chi connectivity index (χ0v) is 17.7. The Labute approximate surface area is 187 Å². The predicted molar refractivity (Wildman–Crippen MR) is 103 cm³/mol. The molecule has 2 unspecified atom stereocenters. The van der Waals surface area contributed by atoms with E-state index in [4.69, 9.17) is 18.7 Å². The van der Waals surface area contributed by atoms with E-state index in [-0.39, 0.29) is 29.1 Å². The average molecular weight is 440 g/mol. The third kappa shape index (κ3) is 6.20. The first-order valence-corrected chi connectivity index (χ1v) is 8.84. The van der Waals surface area contributed by atoms with E-state index in [2.05, 4.69) is 56.3 Å². The maximum Gasteiger partial charge on any atom is 0 e. The molecule has 30 heavy (non-hydrogen) atoms. The van der Waals surface area contributed by atoms with Crippen LogP contribution in [0.1, 0.15) is 35.4 Å². The first-order chi connectivity index (χ1) is 14.3. The van der Waals surface area contributed by atoms with Crippen molar-refractivity contribution in [2.75, 3.05) is 7.11 Å². The number of allylic oxidation sites excluding steroid dienone is 2. The zero-order chi connectivity index (χ0) is 21.8. The van der Waals surface area contributed by atoms with Gasteiger partial charge in [-0.15, -0.1) is 0 Å². The van der Waals surface area contributed by atoms with E-state index < -0.39 is 0 Å². The molecule has 0 fully saturated rings. The summed E-state index contributed by atoms with van der Waals surface area (Å²) in [7, 11) is 1.68. The quantitative estimate of drug-likeness (QED) is 0.516. The summed E-state index contributed by atoms with van der Waals surface area (Å²) in [4.78, 5) is 12.3. The molecule has 2 aliphatic rings. The molecule has 6 heteroatoms. The van der Waals surface area contributed by atoms with Gasteiger partial charge in [0.05, 0.1) is 7.11 Å². The number of benzene rings is 2. The van der Waals surface area contributed by atoms with Crippen molar-refractivity contribution in [3.63, 3.8) is 0 Å². The van der Waals surface area contributed by atoms with Crippen molar-refractivity contribution < 1.29 is 40.8 Å². The minimum absolute atomic E-state index is 0. The molecule has 2 atom stereocenters. The van der Waals surface area contributed by atoms with Gasteiger partial charge in [0.1, 0.15) is 5.75 Å². The molecule has 4 rings (SSSR count). The standard InChI is InChI=1S/C21H20O2.3CO.Cr/c1-23-17-9-6-15(7-10-17)20-12-16(22)13-21-18-5-3-2-4-14(18)8-11-19(20)21;3*1-2;/h2-7,9-10,13,19-20H,8,11-12H2,1H3;;;;. The maximum atomic E-state index is 12.3. The van der Waals surface area contributed by atoms with Crippen molar-refractivity contribution in [1.29, 1.82) is 0 Å². The maximum absolute atomic E-state index is 12.3. The number of hydrogen-bond acceptors (Lipinski definition) is 2. The summed E-state index contributed by atoms with van der Waals surface area (Å²) < 4.78 is 27.8. The minimum Gasteiger partial charge on any atom is 0 e. The third-order valence-corrected chi connectivity index (χ3v) is 5.22. The molecule has 0 radical (unpaired) electrons. The van der Waals surface area contributed by atoms with Crippen molar-refractivity contribution >= 4 is 11.4 Å². The van der Waals surface area contributed by atoms with Gasteiger partial charge >= 0.3 is 33.9 Å². The molecule has 0 saturated carbocycles. The number of methoxy groups -OCH3 is 1. The number of fused-ring (bicyclic) bond motifs is 3. The van der Waals surface area contributed by atoms with Crippen LogP contribution in [0.2, 0.25) is 0 Å². The summed E-state index contributed by atoms with van der Waals surface area (Å²) in [5, 5.41) is 0. The van der Waals surface area contributed by atoms with Gasteiger partial charge < -0.3 is 4.74 Å². The van der Waals surface area contributed by atoms with Crippen LogP contribution in [0.3, 0.4) is 0 Å². The van der Waals surface area contributed by atoms with E-state index in [1.807, 2.05) is 18.2 Å². The Morgan fingerprint density at radius 3 is 2.10 bits per heavy atom. The topological polar surface area (TPSA) is 86.0 Å². The van der Waals surface area contributed by atoms with E-state index in [1.165, 1.54) is 22.3 Å². The molecular formula is C24H20CrO5. The number of carbonyl (C=O) groups excluding carboxylic acids is 1. The van der Waals surface area contributed by atoms with Crippen molar-refractivity contribution in [2.45, 2.75) is 25.2 Å². The molecule has 0 spiro atoms. The van der Waals surface area contributed by atoms with Gasteiger partial charge in [-0.25, -0.2) is 0 Å². The minimum atomic E-state index is 0. The van der Waals surface area contributed by atoms with Gasteiger partial charge in [-0.2, -0.15) is 0 Å². The fourth-order valence-electron chi connectivity index (χ4n) is 4.08. The molecule has 2 aromatic carbocycles. The van der Waals surface area contributed by atoms with Gasteiger partial charge in [0, 0.05) is 23.8 Å². The van der Waals surface area contributed by atoms with E-state index in [9.17, 15) is 4.79 Å². The monoisotopic (exact) mass is 440 g/mol. The van der Waals surface area contributed by atoms with Crippen LogP contribution in [0.5, 0.6) is 5.75 Å². The molecule has 0 heterocycles. The largest absolute Gasteiger partial charge is 0 e. The van der Waals surface area contributed by atoms with Gasteiger partial charge in [0.25, 0.3) is 0 Å². The number of aryl methyl sites for hydroxylation is 1. The Kier molecular flexibility index (Phi) is 13.1. The second-order valence-electron chi connectivity index (χ2n) is 6.45. The van der Waals surface area contributed by atoms with Gasteiger partial charge in [-0.1, -0.05) is 36.4 Å². The van der Waals surface area contributed by atoms with E-state index >= 15 is 0 Å². The summed E-state index contributed by atoms with van der Waals surface area (Å²) in [6.07, 6.45) is 4.72. The van der Waals surface area contributed by atoms with Crippen LogP contribution in [-0.4, -0.2) is 12.9 Å². The van der Waals surface area contributed by atoms with Gasteiger partial charge in [0.15, 0.2) is 5.78 Å². The number of carbonyl (C=O) groups is 1. The molecule has 2 aromatic rings. The normalized spacial score (nSPS) is 17.7. The summed E-state index contributed by atoms with van der Waals surface area (Å²) >= 11 is 0. The smallest absolute Gasteiger partial charge is 0 e. The molecule has 0 aliphatic heterocycles. The Hall–Kier alpha value is -2.60. The van der Waals surface area contributed by atoms with E-state index in [0.717, 1.165) is 18.6 Å². The summed E-state index contributed by atoms with van der Waals surface area (Å²) in [6, 6.07) is 16.7. The molecular weight excluding hydrogens is 420 g/mol. The van der Waals surface area contributed by atoms with Crippen LogP contribution in [0.25, 0.3) is 5.57 Å². The molecule has 2 aliphatic carbocycles. The summed E-state index contributed by atoms with van der Waals surface area (Å²) in [5.41, 5.74) is 5.13. The van der Waals surface area contributed by atoms with Gasteiger partial charge in [-0.3, -0.25) is 4.79 Å². The first-order valence-electron chi connectivity index (χ1n) is 8.84. The Bertz CT molecular complexity index is 895. The van der Waals surface area contributed by atoms with E-state index in [0.29, 0.717) is 12.3 Å². The predicted octanol–water partition coefficient (Wildman–Crippen LogP) is 4.28. The van der Waals surface area contributed by atoms with E-state index in [1.54, 1.807) is 7.11 Å². The van der Waals surface area contributed by atoms with Crippen LogP contribution >= 0.6 is 0 Å². The Morgan fingerprint density at radius 1 is 0.900 bits per heavy atom. The Balaban J connectivity index is 0.00000111. The molecule has 0 bridgehead atoms. The van der Waals surface area contributed by atoms with Crippen LogP contribution in [0, 0.1) is 25.9 Å². The fourth-order valence-corrected chi connectivity index (χ4v) is 4.08. The number of ether oxygens (including phenoxy) is 1. The van der Waals surface area contributed by atoms with Gasteiger partial charge in [0.2, 0.25) is 0 Å². The molecule has 0 N–H and O–H groups in total. The molecule has 0 aromatic heterocycles. The number of ketones is 1. The van der Waals surface area contributed by atoms with Crippen molar-refractivity contribution in [1.82, 2.24) is 0 Å². The van der Waals surface area contributed by atoms with Crippen molar-refractivity contribution in [3.8, 4) is 5.75 Å². The van der Waals surface area contributed by atoms with Crippen LogP contribution in [0.4, 0.5) is 0 Å². The molecule has 0 saturated heterocycles. The number of hydrogen-bond donors (Lipinski definition) is 0. The average Bonchev–Trinajstić information content (AvgIpc) is 2.82. The fraction of sp³-hybridized carbons (Fsp3) is 0.250. The molecule has 0 amide bonds.